The first-order valence-corrected chi connectivity index (χ1v) is 7.84. The number of ether oxygens (including phenoxy) is 1. The summed E-state index contributed by atoms with van der Waals surface area (Å²) in [6.45, 7) is -0.0443. The summed E-state index contributed by atoms with van der Waals surface area (Å²) in [4.78, 5) is 0. The molecule has 19 heavy (non-hydrogen) atoms. The highest BCUT2D eigenvalue weighted by Crippen LogP contribution is 2.28. The number of aliphatic hydroxyl groups is 1. The number of aliphatic hydroxyl groups excluding tert-OH is 1. The summed E-state index contributed by atoms with van der Waals surface area (Å²) >= 11 is 0. The zero-order chi connectivity index (χ0) is 13.9. The minimum atomic E-state index is -4.07. The van der Waals surface area contributed by atoms with Gasteiger partial charge in [-0.2, -0.15) is 8.42 Å². The Bertz CT molecular complexity index is 508. The van der Waals surface area contributed by atoms with Crippen LogP contribution in [0.5, 0.6) is 5.75 Å². The zero-order valence-corrected chi connectivity index (χ0v) is 11.3. The number of hydrogen-bond acceptors (Lipinski definition) is 4. The molecule has 0 heterocycles. The molecule has 2 N–H and O–H groups in total. The maximum absolute atomic E-state index is 11.3. The Hall–Kier alpha value is -1.11. The highest BCUT2D eigenvalue weighted by molar-refractivity contribution is 7.86. The van der Waals surface area contributed by atoms with Gasteiger partial charge in [0, 0.05) is 0 Å². The molecule has 0 aliphatic heterocycles. The van der Waals surface area contributed by atoms with Crippen molar-refractivity contribution < 1.29 is 22.8 Å². The summed E-state index contributed by atoms with van der Waals surface area (Å²) in [5, 5.41) is 8.10. The summed E-state index contributed by atoms with van der Waals surface area (Å²) in [6, 6.07) is 6.84. The van der Waals surface area contributed by atoms with E-state index in [0.717, 1.165) is 18.4 Å². The minimum Gasteiger partial charge on any atom is -0.489 e. The van der Waals surface area contributed by atoms with Crippen LogP contribution in [0.4, 0.5) is 0 Å². The van der Waals surface area contributed by atoms with E-state index in [2.05, 4.69) is 0 Å². The van der Waals surface area contributed by atoms with Crippen molar-refractivity contribution in [3.8, 4) is 5.75 Å². The van der Waals surface area contributed by atoms with E-state index < -0.39 is 21.5 Å². The first-order chi connectivity index (χ1) is 9.00. The van der Waals surface area contributed by atoms with Gasteiger partial charge in [-0.15, -0.1) is 0 Å². The summed E-state index contributed by atoms with van der Waals surface area (Å²) in [5.74, 6) is 0.553. The maximum Gasteiger partial charge on any atom is 0.271 e. The second kappa shape index (κ2) is 5.90. The van der Waals surface area contributed by atoms with E-state index in [-0.39, 0.29) is 6.61 Å². The van der Waals surface area contributed by atoms with Gasteiger partial charge in [0.15, 0.2) is 0 Å². The average molecular weight is 286 g/mol. The summed E-state index contributed by atoms with van der Waals surface area (Å²) in [7, 11) is -4.07. The van der Waals surface area contributed by atoms with Gasteiger partial charge in [-0.3, -0.25) is 4.55 Å². The standard InChI is InChI=1S/C13H18O5S/c14-9-10-5-7-11(8-6-10)18-12-3-1-2-4-13(12)19(15,16)17/h5-8,12-14H,1-4,9H2,(H,15,16,17). The normalized spacial score (nSPS) is 24.1. The van der Waals surface area contributed by atoms with Crippen LogP contribution >= 0.6 is 0 Å². The van der Waals surface area contributed by atoms with Gasteiger partial charge in [0.25, 0.3) is 10.1 Å². The molecule has 2 unspecified atom stereocenters. The van der Waals surface area contributed by atoms with E-state index in [1.165, 1.54) is 0 Å². The second-order valence-corrected chi connectivity index (χ2v) is 6.43. The fraction of sp³-hybridized carbons (Fsp3) is 0.538. The van der Waals surface area contributed by atoms with E-state index in [0.29, 0.717) is 18.6 Å². The number of benzene rings is 1. The Kier molecular flexibility index (Phi) is 4.44. The molecule has 0 amide bonds. The van der Waals surface area contributed by atoms with Crippen LogP contribution in [0.1, 0.15) is 31.2 Å². The highest BCUT2D eigenvalue weighted by atomic mass is 32.2. The predicted molar refractivity (Wildman–Crippen MR) is 70.6 cm³/mol. The van der Waals surface area contributed by atoms with E-state index in [1.807, 2.05) is 0 Å². The molecule has 1 saturated carbocycles. The van der Waals surface area contributed by atoms with Crippen molar-refractivity contribution in [3.63, 3.8) is 0 Å². The van der Waals surface area contributed by atoms with Crippen LogP contribution in [0.15, 0.2) is 24.3 Å². The lowest BCUT2D eigenvalue weighted by Gasteiger charge is -2.29. The minimum absolute atomic E-state index is 0.0443. The van der Waals surface area contributed by atoms with E-state index in [4.69, 9.17) is 9.84 Å². The molecule has 106 valence electrons. The van der Waals surface area contributed by atoms with Crippen LogP contribution < -0.4 is 4.74 Å². The quantitative estimate of drug-likeness (QED) is 0.824. The largest absolute Gasteiger partial charge is 0.489 e. The fourth-order valence-corrected chi connectivity index (χ4v) is 3.43. The lowest BCUT2D eigenvalue weighted by Crippen LogP contribution is -2.40. The van der Waals surface area contributed by atoms with Crippen molar-refractivity contribution in [2.24, 2.45) is 0 Å². The third kappa shape index (κ3) is 3.68. The maximum atomic E-state index is 11.3. The molecule has 0 spiro atoms. The fourth-order valence-electron chi connectivity index (χ4n) is 2.39. The Morgan fingerprint density at radius 3 is 2.37 bits per heavy atom. The Labute approximate surface area is 113 Å². The Morgan fingerprint density at radius 1 is 1.16 bits per heavy atom. The molecular formula is C13H18O5S. The van der Waals surface area contributed by atoms with Gasteiger partial charge in [0.1, 0.15) is 17.1 Å². The number of rotatable bonds is 4. The van der Waals surface area contributed by atoms with Crippen molar-refractivity contribution in [2.75, 3.05) is 0 Å². The Balaban J connectivity index is 2.10. The molecule has 1 fully saturated rings. The summed E-state index contributed by atoms with van der Waals surface area (Å²) in [5.41, 5.74) is 0.766. The van der Waals surface area contributed by atoms with Crippen LogP contribution in [-0.2, 0) is 16.7 Å². The van der Waals surface area contributed by atoms with Crippen LogP contribution in [0.2, 0.25) is 0 Å². The van der Waals surface area contributed by atoms with E-state index in [9.17, 15) is 13.0 Å². The SMILES string of the molecule is O=S(=O)(O)C1CCCCC1Oc1ccc(CO)cc1. The van der Waals surface area contributed by atoms with Gasteiger partial charge in [-0.05, 0) is 37.0 Å². The first kappa shape index (κ1) is 14.3. The molecule has 1 aromatic carbocycles. The van der Waals surface area contributed by atoms with Crippen molar-refractivity contribution >= 4 is 10.1 Å². The molecule has 1 aliphatic rings. The lowest BCUT2D eigenvalue weighted by molar-refractivity contribution is 0.154. The molecule has 0 bridgehead atoms. The van der Waals surface area contributed by atoms with E-state index in [1.54, 1.807) is 24.3 Å². The van der Waals surface area contributed by atoms with Gasteiger partial charge < -0.3 is 9.84 Å². The molecule has 0 saturated heterocycles. The van der Waals surface area contributed by atoms with Crippen molar-refractivity contribution in [1.82, 2.24) is 0 Å². The highest BCUT2D eigenvalue weighted by Gasteiger charge is 2.36. The third-order valence-electron chi connectivity index (χ3n) is 3.42. The molecular weight excluding hydrogens is 268 g/mol. The van der Waals surface area contributed by atoms with Crippen LogP contribution in [-0.4, -0.2) is 29.4 Å². The molecule has 5 nitrogen and oxygen atoms in total. The van der Waals surface area contributed by atoms with Crippen molar-refractivity contribution in [1.29, 1.82) is 0 Å². The topological polar surface area (TPSA) is 83.8 Å². The molecule has 6 heteroatoms. The molecule has 2 rings (SSSR count). The van der Waals surface area contributed by atoms with Gasteiger partial charge >= 0.3 is 0 Å². The summed E-state index contributed by atoms with van der Waals surface area (Å²) in [6.07, 6.45) is 2.22. The van der Waals surface area contributed by atoms with Gasteiger partial charge in [-0.1, -0.05) is 18.6 Å². The van der Waals surface area contributed by atoms with Gasteiger partial charge in [0.2, 0.25) is 0 Å². The second-order valence-electron chi connectivity index (χ2n) is 4.80. The van der Waals surface area contributed by atoms with Crippen molar-refractivity contribution in [2.45, 2.75) is 43.6 Å². The van der Waals surface area contributed by atoms with Crippen LogP contribution in [0.25, 0.3) is 0 Å². The average Bonchev–Trinajstić information content (AvgIpc) is 2.39. The van der Waals surface area contributed by atoms with Gasteiger partial charge in [0.05, 0.1) is 6.61 Å². The first-order valence-electron chi connectivity index (χ1n) is 6.33. The third-order valence-corrected chi connectivity index (χ3v) is 4.72. The molecule has 0 aromatic heterocycles. The smallest absolute Gasteiger partial charge is 0.271 e. The molecule has 1 aliphatic carbocycles. The zero-order valence-electron chi connectivity index (χ0n) is 10.5. The summed E-state index contributed by atoms with van der Waals surface area (Å²) < 4.78 is 37.6. The van der Waals surface area contributed by atoms with Gasteiger partial charge in [-0.25, -0.2) is 0 Å². The molecule has 2 atom stereocenters. The van der Waals surface area contributed by atoms with Crippen LogP contribution in [0, 0.1) is 0 Å². The van der Waals surface area contributed by atoms with Crippen LogP contribution in [0.3, 0.4) is 0 Å². The predicted octanol–water partition coefficient (Wildman–Crippen LogP) is 1.76. The number of hydrogen-bond donors (Lipinski definition) is 2. The monoisotopic (exact) mass is 286 g/mol. The van der Waals surface area contributed by atoms with E-state index >= 15 is 0 Å². The Morgan fingerprint density at radius 2 is 1.79 bits per heavy atom. The molecule has 1 aromatic rings. The molecule has 0 radical (unpaired) electrons. The lowest BCUT2D eigenvalue weighted by atomic mass is 9.97. The van der Waals surface area contributed by atoms with Crippen molar-refractivity contribution in [3.05, 3.63) is 29.8 Å².